The molecule has 3 nitrogen and oxygen atoms in total. The Bertz CT molecular complexity index is 285. The summed E-state index contributed by atoms with van der Waals surface area (Å²) in [5, 5.41) is 3.14. The number of amides is 1. The van der Waals surface area contributed by atoms with Crippen molar-refractivity contribution in [1.82, 2.24) is 4.98 Å². The van der Waals surface area contributed by atoms with E-state index >= 15 is 0 Å². The Labute approximate surface area is 79.8 Å². The number of halogens is 1. The zero-order valence-corrected chi connectivity index (χ0v) is 8.37. The van der Waals surface area contributed by atoms with Crippen molar-refractivity contribution < 1.29 is 4.79 Å². The number of hydrogen-bond donors (Lipinski definition) is 1. The molecule has 1 rings (SSSR count). The third-order valence-corrected chi connectivity index (χ3v) is 2.66. The van der Waals surface area contributed by atoms with E-state index in [0.29, 0.717) is 5.13 Å². The van der Waals surface area contributed by atoms with Gasteiger partial charge in [0.05, 0.1) is 5.38 Å². The van der Waals surface area contributed by atoms with Gasteiger partial charge in [0.15, 0.2) is 5.13 Å². The van der Waals surface area contributed by atoms with Gasteiger partial charge in [0.25, 0.3) is 0 Å². The Morgan fingerprint density at radius 3 is 2.92 bits per heavy atom. The van der Waals surface area contributed by atoms with Crippen LogP contribution < -0.4 is 5.32 Å². The zero-order valence-electron chi connectivity index (χ0n) is 6.80. The van der Waals surface area contributed by atoms with Gasteiger partial charge in [-0.15, -0.1) is 22.9 Å². The molecular formula is C7H9ClN2OS. The van der Waals surface area contributed by atoms with Crippen molar-refractivity contribution in [3.8, 4) is 0 Å². The second kappa shape index (κ2) is 3.87. The summed E-state index contributed by atoms with van der Waals surface area (Å²) in [6.45, 7) is 3.32. The van der Waals surface area contributed by atoms with Crippen LogP contribution in [0, 0.1) is 0 Å². The number of carbonyl (C=O) groups is 1. The van der Waals surface area contributed by atoms with Gasteiger partial charge in [-0.1, -0.05) is 0 Å². The minimum Gasteiger partial charge on any atom is -0.302 e. The molecule has 1 amide bonds. The van der Waals surface area contributed by atoms with Crippen molar-refractivity contribution in [2.75, 3.05) is 5.32 Å². The average Bonchev–Trinajstić information content (AvgIpc) is 2.34. The van der Waals surface area contributed by atoms with Crippen LogP contribution in [0.15, 0.2) is 6.20 Å². The quantitative estimate of drug-likeness (QED) is 0.752. The fraction of sp³-hybridized carbons (Fsp3) is 0.429. The second-order valence-corrected chi connectivity index (χ2v) is 4.08. The van der Waals surface area contributed by atoms with Crippen LogP contribution >= 0.6 is 22.9 Å². The van der Waals surface area contributed by atoms with Gasteiger partial charge in [-0.2, -0.15) is 0 Å². The Hall–Kier alpha value is -0.610. The molecule has 0 aliphatic carbocycles. The Balaban J connectivity index is 2.70. The van der Waals surface area contributed by atoms with E-state index in [9.17, 15) is 4.79 Å². The minimum atomic E-state index is -0.113. The SMILES string of the molecule is CC(=O)Nc1ncc(C(C)Cl)s1. The number of rotatable bonds is 2. The summed E-state index contributed by atoms with van der Waals surface area (Å²) in [5.41, 5.74) is 0. The summed E-state index contributed by atoms with van der Waals surface area (Å²) in [5.74, 6) is -0.113. The number of hydrogen-bond acceptors (Lipinski definition) is 3. The average molecular weight is 205 g/mol. The summed E-state index contributed by atoms with van der Waals surface area (Å²) in [6.07, 6.45) is 1.67. The molecule has 0 saturated heterocycles. The van der Waals surface area contributed by atoms with Crippen LogP contribution in [0.2, 0.25) is 0 Å². The van der Waals surface area contributed by atoms with Crippen LogP contribution in [0.25, 0.3) is 0 Å². The first kappa shape index (κ1) is 9.48. The van der Waals surface area contributed by atoms with Crippen molar-refractivity contribution >= 4 is 34.0 Å². The molecule has 1 heterocycles. The zero-order chi connectivity index (χ0) is 9.14. The van der Waals surface area contributed by atoms with Gasteiger partial charge in [0.1, 0.15) is 0 Å². The largest absolute Gasteiger partial charge is 0.302 e. The third-order valence-electron chi connectivity index (χ3n) is 1.20. The molecule has 1 N–H and O–H groups in total. The normalized spacial score (nSPS) is 12.6. The number of aromatic nitrogens is 1. The van der Waals surface area contributed by atoms with Gasteiger partial charge in [0.2, 0.25) is 5.91 Å². The monoisotopic (exact) mass is 204 g/mol. The van der Waals surface area contributed by atoms with Gasteiger partial charge < -0.3 is 5.32 Å². The van der Waals surface area contributed by atoms with E-state index in [4.69, 9.17) is 11.6 Å². The number of nitrogens with one attached hydrogen (secondary N) is 1. The number of carbonyl (C=O) groups excluding carboxylic acids is 1. The van der Waals surface area contributed by atoms with Crippen LogP contribution in [0.4, 0.5) is 5.13 Å². The highest BCUT2D eigenvalue weighted by Crippen LogP contribution is 2.27. The second-order valence-electron chi connectivity index (χ2n) is 2.36. The molecule has 0 spiro atoms. The molecule has 1 atom stereocenters. The molecule has 1 unspecified atom stereocenters. The molecule has 0 fully saturated rings. The molecule has 0 radical (unpaired) electrons. The van der Waals surface area contributed by atoms with Gasteiger partial charge in [-0.25, -0.2) is 4.98 Å². The maximum Gasteiger partial charge on any atom is 0.223 e. The smallest absolute Gasteiger partial charge is 0.223 e. The minimum absolute atomic E-state index is 0.0509. The van der Waals surface area contributed by atoms with E-state index in [2.05, 4.69) is 10.3 Å². The Morgan fingerprint density at radius 2 is 2.50 bits per heavy atom. The third kappa shape index (κ3) is 2.46. The lowest BCUT2D eigenvalue weighted by molar-refractivity contribution is -0.114. The summed E-state index contributed by atoms with van der Waals surface area (Å²) in [6, 6.07) is 0. The first-order valence-corrected chi connectivity index (χ1v) is 4.72. The highest BCUT2D eigenvalue weighted by molar-refractivity contribution is 7.16. The fourth-order valence-corrected chi connectivity index (χ4v) is 1.66. The highest BCUT2D eigenvalue weighted by atomic mass is 35.5. The molecule has 0 aromatic carbocycles. The van der Waals surface area contributed by atoms with Crippen LogP contribution in [0.5, 0.6) is 0 Å². The van der Waals surface area contributed by atoms with E-state index in [0.717, 1.165) is 4.88 Å². The van der Waals surface area contributed by atoms with Gasteiger partial charge in [-0.05, 0) is 6.92 Å². The first-order valence-electron chi connectivity index (χ1n) is 3.47. The molecular weight excluding hydrogens is 196 g/mol. The number of nitrogens with zero attached hydrogens (tertiary/aromatic N) is 1. The maximum absolute atomic E-state index is 10.6. The van der Waals surface area contributed by atoms with Crippen molar-refractivity contribution in [3.63, 3.8) is 0 Å². The van der Waals surface area contributed by atoms with Gasteiger partial charge in [0, 0.05) is 18.0 Å². The molecule has 0 saturated carbocycles. The van der Waals surface area contributed by atoms with Crippen LogP contribution in [0.1, 0.15) is 24.1 Å². The van der Waals surface area contributed by atoms with Crippen molar-refractivity contribution in [2.24, 2.45) is 0 Å². The van der Waals surface area contributed by atoms with E-state index < -0.39 is 0 Å². The summed E-state index contributed by atoms with van der Waals surface area (Å²) < 4.78 is 0. The predicted molar refractivity (Wildman–Crippen MR) is 50.7 cm³/mol. The topological polar surface area (TPSA) is 42.0 Å². The number of thiazole rings is 1. The van der Waals surface area contributed by atoms with Crippen molar-refractivity contribution in [3.05, 3.63) is 11.1 Å². The lowest BCUT2D eigenvalue weighted by Crippen LogP contribution is -2.04. The van der Waals surface area contributed by atoms with Crippen LogP contribution in [0.3, 0.4) is 0 Å². The fourth-order valence-electron chi connectivity index (χ4n) is 0.679. The molecule has 66 valence electrons. The van der Waals surface area contributed by atoms with Crippen molar-refractivity contribution in [2.45, 2.75) is 19.2 Å². The Morgan fingerprint density at radius 1 is 1.83 bits per heavy atom. The van der Waals surface area contributed by atoms with Gasteiger partial charge >= 0.3 is 0 Å². The molecule has 0 aliphatic heterocycles. The Kier molecular flexibility index (Phi) is 3.05. The summed E-state index contributed by atoms with van der Waals surface area (Å²) in [4.78, 5) is 15.6. The van der Waals surface area contributed by atoms with Crippen molar-refractivity contribution in [1.29, 1.82) is 0 Å². The van der Waals surface area contributed by atoms with E-state index in [1.54, 1.807) is 6.20 Å². The molecule has 0 aliphatic rings. The lowest BCUT2D eigenvalue weighted by Gasteiger charge is -1.94. The first-order chi connectivity index (χ1) is 5.59. The van der Waals surface area contributed by atoms with E-state index in [1.807, 2.05) is 6.92 Å². The molecule has 1 aromatic heterocycles. The maximum atomic E-state index is 10.6. The molecule has 1 aromatic rings. The predicted octanol–water partition coefficient (Wildman–Crippen LogP) is 2.40. The van der Waals surface area contributed by atoms with Gasteiger partial charge in [-0.3, -0.25) is 4.79 Å². The molecule has 5 heteroatoms. The highest BCUT2D eigenvalue weighted by Gasteiger charge is 2.06. The van der Waals surface area contributed by atoms with E-state index in [-0.39, 0.29) is 11.3 Å². The van der Waals surface area contributed by atoms with E-state index in [1.165, 1.54) is 18.3 Å². The number of anilines is 1. The standard InChI is InChI=1S/C7H9ClN2OS/c1-4(8)6-3-9-7(12-6)10-5(2)11/h3-4H,1-2H3,(H,9,10,11). The molecule has 12 heavy (non-hydrogen) atoms. The van der Waals surface area contributed by atoms with Crippen LogP contribution in [-0.4, -0.2) is 10.9 Å². The summed E-state index contributed by atoms with van der Waals surface area (Å²) >= 11 is 7.21. The molecule has 0 bridgehead atoms. The van der Waals surface area contributed by atoms with Crippen LogP contribution in [-0.2, 0) is 4.79 Å². The lowest BCUT2D eigenvalue weighted by atomic mass is 10.4. The number of alkyl halides is 1. The summed E-state index contributed by atoms with van der Waals surface area (Å²) in [7, 11) is 0.